The zero-order valence-electron chi connectivity index (χ0n) is 67.0. The van der Waals surface area contributed by atoms with Crippen molar-refractivity contribution < 1.29 is 138 Å². The first-order chi connectivity index (χ1) is 57.4. The van der Waals surface area contributed by atoms with Gasteiger partial charge in [-0.2, -0.15) is 21.4 Å². The Balaban J connectivity index is 0.917. The van der Waals surface area contributed by atoms with E-state index in [0.29, 0.717) is 55.7 Å². The van der Waals surface area contributed by atoms with Crippen molar-refractivity contribution in [3.8, 4) is 0 Å². The molecule has 2 aliphatic rings. The van der Waals surface area contributed by atoms with Gasteiger partial charge in [-0.15, -0.1) is 0 Å². The molecule has 122 heavy (non-hydrogen) atoms. The second-order valence-electron chi connectivity index (χ2n) is 29.7. The van der Waals surface area contributed by atoms with Gasteiger partial charge in [0.1, 0.15) is 48.8 Å². The molecule has 7 rings (SSSR count). The maximum Gasteiger partial charge on any atom is 0.326 e. The summed E-state index contributed by atoms with van der Waals surface area (Å²) in [4.78, 5) is 195. The van der Waals surface area contributed by atoms with Crippen molar-refractivity contribution in [2.75, 3.05) is 24.5 Å². The van der Waals surface area contributed by atoms with Gasteiger partial charge in [-0.05, 0) is 109 Å². The number of aryl methyl sites for hydroxylation is 1. The normalized spacial score (nSPS) is 16.4. The molecule has 0 fully saturated rings. The van der Waals surface area contributed by atoms with Gasteiger partial charge in [-0.1, -0.05) is 18.2 Å². The van der Waals surface area contributed by atoms with Gasteiger partial charge in [0.05, 0.1) is 53.7 Å². The van der Waals surface area contributed by atoms with Crippen molar-refractivity contribution in [1.82, 2.24) is 55.1 Å². The third kappa shape index (κ3) is 26.7. The number of allylic oxidation sites excluding steroid dienone is 6. The topological polar surface area (TPSA) is 640 Å². The van der Waals surface area contributed by atoms with Crippen molar-refractivity contribution in [2.45, 2.75) is 220 Å². The molecule has 0 bridgehead atoms. The summed E-state index contributed by atoms with van der Waals surface area (Å²) in [6.45, 7) is 11.1. The zero-order chi connectivity index (χ0) is 90.3. The van der Waals surface area contributed by atoms with Gasteiger partial charge in [0, 0.05) is 54.0 Å². The summed E-state index contributed by atoms with van der Waals surface area (Å²) in [7, 11) is -9.15. The molecule has 660 valence electrons. The van der Waals surface area contributed by atoms with E-state index in [0.717, 1.165) is 51.9 Å². The molecule has 2 aliphatic heterocycles. The third-order valence-corrected chi connectivity index (χ3v) is 23.4. The van der Waals surface area contributed by atoms with Crippen LogP contribution in [0.4, 0.5) is 11.4 Å². The minimum atomic E-state index is -4.67. The average Bonchev–Trinajstić information content (AvgIpc) is 1.58. The van der Waals surface area contributed by atoms with E-state index >= 15 is 0 Å². The van der Waals surface area contributed by atoms with Gasteiger partial charge in [-0.3, -0.25) is 76.2 Å². The number of carbonyl (C=O) groups excluding carboxylic acids is 8. The number of carbonyl (C=O) groups is 15. The summed E-state index contributed by atoms with van der Waals surface area (Å²) in [5.41, 5.74) is 5.28. The number of unbranched alkanes of at least 4 members (excludes halogenated alkanes) is 5. The zero-order valence-corrected chi connectivity index (χ0v) is 70.3. The second-order valence-corrected chi connectivity index (χ2v) is 33.7. The molecule has 8 atom stereocenters. The standard InChI is InChI=1S/C78H97N13O28S2Se/c1-6-90-56-28-25-44(120(114,115)116)35-46(56)77(3,4)58(90)20-12-11-13-21-59-78(5,47-36-45(121(117,118)119)26-29-57(47)91(59)7-2)31-18-23-60(92)79-32-16-15-19-49(76(112)113)81-71(107)51(38-63(96)97)83-73(109)53(40-65(100)101)85-75(111)55(42-67(104)105)86-74(110)54(41-66(102)103)84-72(108)52(39-64(98)99)82-70(106)50(37-62(94)95)80-61(93)22-14-9-8-10-17-33-89-34-30-43-24-27-48-68(69(43)89)88-122-87-48/h11-13,20-21,24-30,34-36,49-55H,6-10,14-19,22-23,31-33,37-42H2,1-5H3,(H16-,79,80,81,82,83,84,85,86,92,93,94,95,96,97,98,99,100,101,102,103,104,105,106,107,108,109,110,111,112,113,114,115,116,117,118,119)/p+1/t49-,50+,51-,52-,53-,54-,55-,78?/m0/s1. The largest absolute Gasteiger partial charge is 0.480 e. The number of benzene rings is 3. The van der Waals surface area contributed by atoms with Crippen LogP contribution in [0.25, 0.3) is 21.9 Å². The number of hydrogen-bond acceptors (Lipinski definition) is 22. The van der Waals surface area contributed by atoms with Crippen molar-refractivity contribution in [3.05, 3.63) is 108 Å². The molecule has 2 aromatic heterocycles. The average molecular weight is 1810 g/mol. The number of anilines is 1. The summed E-state index contributed by atoms with van der Waals surface area (Å²) in [5.74, 6) is -23.4. The number of likely N-dealkylation sites (N-methyl/N-ethyl adjacent to an activating group) is 1. The molecule has 0 radical (unpaired) electrons. The first kappa shape index (κ1) is 97.0. The van der Waals surface area contributed by atoms with Gasteiger partial charge >= 0.3 is 167 Å². The minimum absolute atomic E-state index is 0.0252. The predicted molar refractivity (Wildman–Crippen MR) is 433 cm³/mol. The Morgan fingerprint density at radius 2 is 0.975 bits per heavy atom. The molecule has 0 aliphatic carbocycles. The number of nitrogens with one attached hydrogen (secondary N) is 8. The van der Waals surface area contributed by atoms with Gasteiger partial charge in [0.25, 0.3) is 20.2 Å². The second kappa shape index (κ2) is 43.4. The molecule has 17 N–H and O–H groups in total. The van der Waals surface area contributed by atoms with Gasteiger partial charge in [0.15, 0.2) is 5.71 Å². The van der Waals surface area contributed by atoms with Crippen molar-refractivity contribution >= 4 is 163 Å². The van der Waals surface area contributed by atoms with Crippen LogP contribution in [0.2, 0.25) is 0 Å². The van der Waals surface area contributed by atoms with E-state index < -0.39 is 201 Å². The summed E-state index contributed by atoms with van der Waals surface area (Å²) in [5, 5.41) is 86.0. The molecule has 44 heteroatoms. The van der Waals surface area contributed by atoms with Crippen molar-refractivity contribution in [1.29, 1.82) is 0 Å². The predicted octanol–water partition coefficient (Wildman–Crippen LogP) is 2.15. The molecular formula is C78H98N13O28S2Se+. The van der Waals surface area contributed by atoms with Crippen molar-refractivity contribution in [2.24, 2.45) is 0 Å². The maximum absolute atomic E-state index is 13.8. The quantitative estimate of drug-likeness (QED) is 0.00872. The van der Waals surface area contributed by atoms with E-state index in [4.69, 9.17) is 0 Å². The van der Waals surface area contributed by atoms with Gasteiger partial charge in [0.2, 0.25) is 47.0 Å². The minimum Gasteiger partial charge on any atom is -0.480 e. The molecular weight excluding hydrogens is 1710 g/mol. The number of nitrogens with zero attached hydrogens (tertiary/aromatic N) is 5. The monoisotopic (exact) mass is 1810 g/mol. The maximum atomic E-state index is 13.8. The number of hydrogen-bond donors (Lipinski definition) is 17. The molecule has 3 aromatic carbocycles. The Kier molecular flexibility index (Phi) is 34.5. The molecule has 0 spiro atoms. The number of aliphatic carboxylic acids is 7. The van der Waals surface area contributed by atoms with E-state index in [1.165, 1.54) is 24.3 Å². The van der Waals surface area contributed by atoms with Crippen LogP contribution in [0.5, 0.6) is 0 Å². The molecule has 5 aromatic rings. The third-order valence-electron chi connectivity index (χ3n) is 20.5. The van der Waals surface area contributed by atoms with E-state index in [-0.39, 0.29) is 76.2 Å². The van der Waals surface area contributed by atoms with E-state index in [1.807, 2.05) is 107 Å². The van der Waals surface area contributed by atoms with Crippen LogP contribution >= 0.6 is 0 Å². The van der Waals surface area contributed by atoms with E-state index in [1.54, 1.807) is 30.4 Å². The fourth-order valence-corrected chi connectivity index (χ4v) is 16.6. The van der Waals surface area contributed by atoms with Gasteiger partial charge < -0.3 is 83.2 Å². The van der Waals surface area contributed by atoms with Crippen LogP contribution in [0.15, 0.2) is 107 Å². The SMILES string of the molecule is CCN1/C(=C/C=C/C=C/C2=[N+](CC)c3ccc(S(=O)(=O)O)cc3C2(C)C)C(C)(CCCC(=O)NCCCC[C@H](NC(=O)[C@H](CC(=O)O)NC(=O)[C@H](CC(=O)O)NC(=O)[C@H](CC(=O)O)NC(=O)[C@H](CC(=O)O)NC(=O)[C@H](CC(=O)O)NC(=O)[C@@H](CC(=O)O)NC(=O)CCCCCCCn2ccc3ccc4n[se]nc4c32)C(=O)O)c2cc(S(=O)(=O)O)ccc21. The van der Waals surface area contributed by atoms with E-state index in [2.05, 4.69) is 28.5 Å². The Morgan fingerprint density at radius 3 is 1.46 bits per heavy atom. The first-order valence-corrected chi connectivity index (χ1v) is 43.1. The molecule has 4 heterocycles. The van der Waals surface area contributed by atoms with Crippen molar-refractivity contribution in [3.63, 3.8) is 0 Å². The molecule has 0 saturated heterocycles. The number of carboxylic acid groups (broad SMARTS) is 7. The summed E-state index contributed by atoms with van der Waals surface area (Å²) in [6, 6.07) is -0.939. The smallest absolute Gasteiger partial charge is 0.326 e. The fraction of sp³-hybridized carbons (Fsp3) is 0.462. The van der Waals surface area contributed by atoms with E-state index in [9.17, 15) is 134 Å². The Labute approximate surface area is 705 Å². The number of rotatable bonds is 50. The fourth-order valence-electron chi connectivity index (χ4n) is 14.5. The van der Waals surface area contributed by atoms with Crippen LogP contribution in [0.3, 0.4) is 0 Å². The molecule has 8 amide bonds. The number of fused-ring (bicyclic) bond motifs is 5. The molecule has 0 saturated carbocycles. The van der Waals surface area contributed by atoms with Crippen LogP contribution < -0.4 is 47.4 Å². The summed E-state index contributed by atoms with van der Waals surface area (Å²) >= 11 is -0.212. The van der Waals surface area contributed by atoms with Crippen LogP contribution in [-0.2, 0) is 110 Å². The summed E-state index contributed by atoms with van der Waals surface area (Å²) in [6.07, 6.45) is 6.01. The number of amides is 8. The number of carboxylic acids is 7. The van der Waals surface area contributed by atoms with Crippen LogP contribution in [0.1, 0.15) is 161 Å². The Hall–Kier alpha value is -12.1. The van der Waals surface area contributed by atoms with Crippen LogP contribution in [-0.4, -0.2) is 250 Å². The molecule has 41 nitrogen and oxygen atoms in total. The number of aromatic nitrogens is 3. The first-order valence-electron chi connectivity index (χ1n) is 38.7. The van der Waals surface area contributed by atoms with Gasteiger partial charge in [-0.25, -0.2) is 4.79 Å². The van der Waals surface area contributed by atoms with Crippen LogP contribution in [0, 0.1) is 0 Å². The Bertz CT molecular complexity index is 5230. The molecule has 1 unspecified atom stereocenters. The Morgan fingerprint density at radius 1 is 0.508 bits per heavy atom. The summed E-state index contributed by atoms with van der Waals surface area (Å²) < 4.78 is 82.0.